The Bertz CT molecular complexity index is 353. The quantitative estimate of drug-likeness (QED) is 0.760. The third-order valence-corrected chi connectivity index (χ3v) is 1.89. The maximum atomic E-state index is 11.2. The first kappa shape index (κ1) is 9.66. The van der Waals surface area contributed by atoms with Gasteiger partial charge in [0.05, 0.1) is 5.56 Å². The second kappa shape index (κ2) is 3.99. The highest BCUT2D eigenvalue weighted by atomic mass is 79.9. The van der Waals surface area contributed by atoms with E-state index in [9.17, 15) is 9.59 Å². The van der Waals surface area contributed by atoms with Gasteiger partial charge < -0.3 is 5.73 Å². The van der Waals surface area contributed by atoms with Crippen molar-refractivity contribution in [2.45, 2.75) is 0 Å². The van der Waals surface area contributed by atoms with Crippen molar-refractivity contribution < 1.29 is 9.59 Å². The lowest BCUT2D eigenvalue weighted by atomic mass is 10.2. The molecule has 0 aliphatic heterocycles. The summed E-state index contributed by atoms with van der Waals surface area (Å²) in [6.45, 7) is 0. The van der Waals surface area contributed by atoms with Crippen molar-refractivity contribution >= 4 is 27.9 Å². The SMILES string of the molecule is NC(=O)NC(=O)c1ccncc1Br. The maximum absolute atomic E-state index is 11.2. The number of nitrogens with one attached hydrogen (secondary N) is 1. The minimum absolute atomic E-state index is 0.314. The average molecular weight is 244 g/mol. The van der Waals surface area contributed by atoms with Crippen LogP contribution in [0.15, 0.2) is 22.9 Å². The fourth-order valence-corrected chi connectivity index (χ4v) is 1.17. The summed E-state index contributed by atoms with van der Waals surface area (Å²) in [6, 6.07) is 0.594. The number of primary amides is 1. The van der Waals surface area contributed by atoms with E-state index in [1.807, 2.05) is 5.32 Å². The Morgan fingerprint density at radius 3 is 2.77 bits per heavy atom. The topological polar surface area (TPSA) is 85.1 Å². The number of pyridine rings is 1. The number of rotatable bonds is 1. The molecular weight excluding hydrogens is 238 g/mol. The Morgan fingerprint density at radius 1 is 1.54 bits per heavy atom. The lowest BCUT2D eigenvalue weighted by molar-refractivity contribution is 0.0965. The van der Waals surface area contributed by atoms with Crippen LogP contribution >= 0.6 is 15.9 Å². The molecule has 0 aromatic carbocycles. The molecule has 0 radical (unpaired) electrons. The molecule has 68 valence electrons. The van der Waals surface area contributed by atoms with Gasteiger partial charge in [0.1, 0.15) is 0 Å². The van der Waals surface area contributed by atoms with Gasteiger partial charge in [-0.2, -0.15) is 0 Å². The molecule has 0 saturated carbocycles. The summed E-state index contributed by atoms with van der Waals surface area (Å²) in [7, 11) is 0. The molecule has 0 aliphatic carbocycles. The van der Waals surface area contributed by atoms with Gasteiger partial charge >= 0.3 is 6.03 Å². The van der Waals surface area contributed by atoms with E-state index in [1.165, 1.54) is 18.5 Å². The van der Waals surface area contributed by atoms with Crippen molar-refractivity contribution in [2.75, 3.05) is 0 Å². The predicted octanol–water partition coefficient (Wildman–Crippen LogP) is 0.653. The van der Waals surface area contributed by atoms with Gasteiger partial charge in [-0.3, -0.25) is 15.1 Å². The van der Waals surface area contributed by atoms with Crippen LogP contribution in [0.1, 0.15) is 10.4 Å². The van der Waals surface area contributed by atoms with Crippen LogP contribution < -0.4 is 11.1 Å². The Balaban J connectivity index is 2.89. The molecule has 5 nitrogen and oxygen atoms in total. The number of nitrogens with two attached hydrogens (primary N) is 1. The molecule has 0 aliphatic rings. The van der Waals surface area contributed by atoms with Gasteiger partial charge in [-0.05, 0) is 22.0 Å². The normalized spacial score (nSPS) is 9.31. The average Bonchev–Trinajstić information content (AvgIpc) is 2.03. The molecule has 6 heteroatoms. The number of amides is 3. The number of nitrogens with zero attached hydrogens (tertiary/aromatic N) is 1. The van der Waals surface area contributed by atoms with Crippen LogP contribution in [0.4, 0.5) is 4.79 Å². The molecule has 1 heterocycles. The lowest BCUT2D eigenvalue weighted by Gasteiger charge is -2.01. The summed E-state index contributed by atoms with van der Waals surface area (Å²) in [6.07, 6.45) is 2.90. The van der Waals surface area contributed by atoms with E-state index in [4.69, 9.17) is 5.73 Å². The molecule has 3 amide bonds. The molecule has 13 heavy (non-hydrogen) atoms. The van der Waals surface area contributed by atoms with Crippen LogP contribution in [0.3, 0.4) is 0 Å². The summed E-state index contributed by atoms with van der Waals surface area (Å²) in [5, 5.41) is 1.94. The third kappa shape index (κ3) is 2.51. The van der Waals surface area contributed by atoms with Gasteiger partial charge in [-0.25, -0.2) is 4.79 Å². The van der Waals surface area contributed by atoms with Gasteiger partial charge in [-0.15, -0.1) is 0 Å². The minimum Gasteiger partial charge on any atom is -0.351 e. The van der Waals surface area contributed by atoms with E-state index in [-0.39, 0.29) is 0 Å². The van der Waals surface area contributed by atoms with E-state index >= 15 is 0 Å². The van der Waals surface area contributed by atoms with Crippen LogP contribution in [-0.4, -0.2) is 16.9 Å². The Hall–Kier alpha value is -1.43. The number of hydrogen-bond acceptors (Lipinski definition) is 3. The number of imide groups is 1. The fraction of sp³-hybridized carbons (Fsp3) is 0. The molecule has 1 aromatic heterocycles. The molecule has 1 rings (SSSR count). The van der Waals surface area contributed by atoms with E-state index in [0.29, 0.717) is 10.0 Å². The number of carbonyl (C=O) groups is 2. The first-order valence-electron chi connectivity index (χ1n) is 3.31. The van der Waals surface area contributed by atoms with Crippen molar-refractivity contribution in [3.8, 4) is 0 Å². The second-order valence-corrected chi connectivity index (χ2v) is 3.03. The summed E-state index contributed by atoms with van der Waals surface area (Å²) in [4.78, 5) is 25.3. The number of urea groups is 1. The van der Waals surface area contributed by atoms with Crippen LogP contribution in [0.5, 0.6) is 0 Å². The van der Waals surface area contributed by atoms with E-state index in [2.05, 4.69) is 20.9 Å². The monoisotopic (exact) mass is 243 g/mol. The van der Waals surface area contributed by atoms with Crippen LogP contribution in [0.25, 0.3) is 0 Å². The second-order valence-electron chi connectivity index (χ2n) is 2.17. The molecule has 0 saturated heterocycles. The van der Waals surface area contributed by atoms with Gasteiger partial charge in [0.15, 0.2) is 0 Å². The zero-order valence-electron chi connectivity index (χ0n) is 6.45. The van der Waals surface area contributed by atoms with Crippen molar-refractivity contribution in [3.63, 3.8) is 0 Å². The third-order valence-electron chi connectivity index (χ3n) is 1.25. The summed E-state index contributed by atoms with van der Waals surface area (Å²) in [5.74, 6) is -0.554. The van der Waals surface area contributed by atoms with E-state index < -0.39 is 11.9 Å². The zero-order valence-corrected chi connectivity index (χ0v) is 8.04. The molecule has 0 bridgehead atoms. The summed E-state index contributed by atoms with van der Waals surface area (Å²) < 4.78 is 0.508. The van der Waals surface area contributed by atoms with E-state index in [0.717, 1.165) is 0 Å². The van der Waals surface area contributed by atoms with E-state index in [1.54, 1.807) is 0 Å². The predicted molar refractivity (Wildman–Crippen MR) is 49.0 cm³/mol. The molecule has 1 aromatic rings. The largest absolute Gasteiger partial charge is 0.351 e. The number of halogens is 1. The molecule has 0 atom stereocenters. The maximum Gasteiger partial charge on any atom is 0.319 e. The lowest BCUT2D eigenvalue weighted by Crippen LogP contribution is -2.35. The van der Waals surface area contributed by atoms with Crippen LogP contribution in [-0.2, 0) is 0 Å². The van der Waals surface area contributed by atoms with Crippen molar-refractivity contribution in [3.05, 3.63) is 28.5 Å². The van der Waals surface area contributed by atoms with Gasteiger partial charge in [0.25, 0.3) is 5.91 Å². The Labute approximate surface area is 82.5 Å². The first-order chi connectivity index (χ1) is 6.11. The molecular formula is C7H6BrN3O2. The Kier molecular flexibility index (Phi) is 2.97. The van der Waals surface area contributed by atoms with Crippen LogP contribution in [0.2, 0.25) is 0 Å². The van der Waals surface area contributed by atoms with Crippen molar-refractivity contribution in [2.24, 2.45) is 5.73 Å². The summed E-state index contributed by atoms with van der Waals surface area (Å²) in [5.41, 5.74) is 5.09. The molecule has 0 fully saturated rings. The Morgan fingerprint density at radius 2 is 2.23 bits per heavy atom. The molecule has 0 unspecified atom stereocenters. The highest BCUT2D eigenvalue weighted by molar-refractivity contribution is 9.10. The first-order valence-corrected chi connectivity index (χ1v) is 4.11. The fourth-order valence-electron chi connectivity index (χ4n) is 0.739. The summed E-state index contributed by atoms with van der Waals surface area (Å²) >= 11 is 3.11. The standard InChI is InChI=1S/C7H6BrN3O2/c8-5-3-10-2-1-4(5)6(12)11-7(9)13/h1-3H,(H3,9,11,12,13). The van der Waals surface area contributed by atoms with Gasteiger partial charge in [-0.1, -0.05) is 0 Å². The minimum atomic E-state index is -0.881. The zero-order chi connectivity index (χ0) is 9.84. The smallest absolute Gasteiger partial charge is 0.319 e. The van der Waals surface area contributed by atoms with Gasteiger partial charge in [0, 0.05) is 16.9 Å². The number of carbonyl (C=O) groups excluding carboxylic acids is 2. The highest BCUT2D eigenvalue weighted by Crippen LogP contribution is 2.13. The molecule has 0 spiro atoms. The van der Waals surface area contributed by atoms with Crippen molar-refractivity contribution in [1.82, 2.24) is 10.3 Å². The van der Waals surface area contributed by atoms with Gasteiger partial charge in [0.2, 0.25) is 0 Å². The number of hydrogen-bond donors (Lipinski definition) is 2. The highest BCUT2D eigenvalue weighted by Gasteiger charge is 2.10. The molecule has 3 N–H and O–H groups in total. The van der Waals surface area contributed by atoms with Crippen LogP contribution in [0, 0.1) is 0 Å². The number of aromatic nitrogens is 1. The van der Waals surface area contributed by atoms with Crippen molar-refractivity contribution in [1.29, 1.82) is 0 Å².